The van der Waals surface area contributed by atoms with Crippen LogP contribution in [-0.4, -0.2) is 60.2 Å². The maximum Gasteiger partial charge on any atom is 0.134 e. The Labute approximate surface area is 108 Å². The summed E-state index contributed by atoms with van der Waals surface area (Å²) in [5.41, 5.74) is 1.06. The maximum absolute atomic E-state index is 4.19. The molecule has 0 aromatic carbocycles. The van der Waals surface area contributed by atoms with Gasteiger partial charge in [0, 0.05) is 38.2 Å². The molecule has 0 bridgehead atoms. The van der Waals surface area contributed by atoms with Crippen molar-refractivity contribution < 1.29 is 0 Å². The average molecular weight is 257 g/mol. The van der Waals surface area contributed by atoms with Crippen molar-refractivity contribution in [3.05, 3.63) is 5.69 Å². The lowest BCUT2D eigenvalue weighted by atomic mass is 10.3. The molecule has 0 radical (unpaired) electrons. The molecule has 98 valence electrons. The molecule has 5 nitrogen and oxygen atoms in total. The van der Waals surface area contributed by atoms with Gasteiger partial charge in [0.05, 0.1) is 0 Å². The van der Waals surface area contributed by atoms with Crippen LogP contribution >= 0.6 is 11.5 Å². The minimum absolute atomic E-state index is 0.883. The van der Waals surface area contributed by atoms with E-state index in [0.717, 1.165) is 36.9 Å². The third-order valence-electron chi connectivity index (χ3n) is 2.56. The molecule has 1 heterocycles. The Bertz CT molecular complexity index is 313. The molecule has 0 unspecified atom stereocenters. The minimum atomic E-state index is 0.883. The fourth-order valence-electron chi connectivity index (χ4n) is 1.64. The minimum Gasteiger partial charge on any atom is -0.377 e. The number of nitrogens with one attached hydrogen (secondary N) is 1. The summed E-state index contributed by atoms with van der Waals surface area (Å²) in [5.74, 6) is 0. The van der Waals surface area contributed by atoms with Crippen LogP contribution in [-0.2, 0) is 6.54 Å². The summed E-state index contributed by atoms with van der Waals surface area (Å²) in [4.78, 5) is 4.64. The molecule has 0 atom stereocenters. The van der Waals surface area contributed by atoms with E-state index in [1.165, 1.54) is 18.0 Å². The van der Waals surface area contributed by atoms with Crippen molar-refractivity contribution in [1.29, 1.82) is 0 Å². The molecular weight excluding hydrogens is 234 g/mol. The zero-order valence-electron chi connectivity index (χ0n) is 11.2. The fraction of sp³-hybridized carbons (Fsp3) is 0.818. The molecular formula is C11H23N5S. The van der Waals surface area contributed by atoms with Crippen molar-refractivity contribution in [2.45, 2.75) is 19.9 Å². The Morgan fingerprint density at radius 3 is 2.59 bits per heavy atom. The smallest absolute Gasteiger partial charge is 0.134 e. The molecule has 1 rings (SSSR count). The molecule has 0 fully saturated rings. The summed E-state index contributed by atoms with van der Waals surface area (Å²) in [5, 5.41) is 8.41. The summed E-state index contributed by atoms with van der Waals surface area (Å²) < 4.78 is 3.99. The number of nitrogens with zero attached hydrogens (tertiary/aromatic N) is 4. The first-order chi connectivity index (χ1) is 8.17. The number of hydrogen-bond acceptors (Lipinski definition) is 6. The van der Waals surface area contributed by atoms with Gasteiger partial charge in [-0.3, -0.25) is 4.90 Å². The Kier molecular flexibility index (Phi) is 6.39. The van der Waals surface area contributed by atoms with Gasteiger partial charge in [0.2, 0.25) is 0 Å². The van der Waals surface area contributed by atoms with Crippen LogP contribution in [0.2, 0.25) is 0 Å². The first-order valence-corrected chi connectivity index (χ1v) is 6.80. The lowest BCUT2D eigenvalue weighted by molar-refractivity contribution is 0.232. The molecule has 0 saturated heterocycles. The lowest BCUT2D eigenvalue weighted by Gasteiger charge is -2.22. The predicted octanol–water partition coefficient (Wildman–Crippen LogP) is 1.35. The molecule has 1 aromatic heterocycles. The van der Waals surface area contributed by atoms with Gasteiger partial charge in [0.15, 0.2) is 0 Å². The van der Waals surface area contributed by atoms with Crippen LogP contribution in [0.15, 0.2) is 0 Å². The zero-order chi connectivity index (χ0) is 12.7. The fourth-order valence-corrected chi connectivity index (χ4v) is 2.16. The van der Waals surface area contributed by atoms with Gasteiger partial charge in [0.1, 0.15) is 10.7 Å². The molecule has 0 amide bonds. The van der Waals surface area contributed by atoms with Crippen molar-refractivity contribution in [2.75, 3.05) is 46.1 Å². The second-order valence-electron chi connectivity index (χ2n) is 4.38. The zero-order valence-corrected chi connectivity index (χ0v) is 12.0. The van der Waals surface area contributed by atoms with Crippen LogP contribution in [0.1, 0.15) is 19.0 Å². The van der Waals surface area contributed by atoms with Gasteiger partial charge in [-0.15, -0.1) is 5.10 Å². The van der Waals surface area contributed by atoms with Gasteiger partial charge in [-0.2, -0.15) is 0 Å². The molecule has 1 N–H and O–H groups in total. The van der Waals surface area contributed by atoms with Crippen LogP contribution in [0, 0.1) is 0 Å². The highest BCUT2D eigenvalue weighted by atomic mass is 32.1. The van der Waals surface area contributed by atoms with Crippen molar-refractivity contribution in [3.8, 4) is 0 Å². The van der Waals surface area contributed by atoms with E-state index < -0.39 is 0 Å². The van der Waals surface area contributed by atoms with Crippen molar-refractivity contribution >= 4 is 16.5 Å². The van der Waals surface area contributed by atoms with Crippen LogP contribution in [0.4, 0.5) is 5.00 Å². The molecule has 0 saturated carbocycles. The first-order valence-electron chi connectivity index (χ1n) is 6.03. The third kappa shape index (κ3) is 4.97. The number of hydrogen-bond donors (Lipinski definition) is 1. The number of anilines is 1. The van der Waals surface area contributed by atoms with E-state index in [9.17, 15) is 0 Å². The Morgan fingerprint density at radius 2 is 2.00 bits per heavy atom. The Hall–Kier alpha value is -0.720. The second-order valence-corrected chi connectivity index (χ2v) is 5.13. The molecule has 17 heavy (non-hydrogen) atoms. The molecule has 0 aliphatic carbocycles. The largest absolute Gasteiger partial charge is 0.377 e. The van der Waals surface area contributed by atoms with Gasteiger partial charge in [-0.25, -0.2) is 0 Å². The van der Waals surface area contributed by atoms with Gasteiger partial charge in [-0.05, 0) is 27.1 Å². The second kappa shape index (κ2) is 7.58. The van der Waals surface area contributed by atoms with E-state index in [2.05, 4.69) is 45.7 Å². The molecule has 0 aliphatic heterocycles. The van der Waals surface area contributed by atoms with Gasteiger partial charge < -0.3 is 10.2 Å². The normalized spacial score (nSPS) is 11.4. The van der Waals surface area contributed by atoms with Crippen molar-refractivity contribution in [1.82, 2.24) is 19.4 Å². The monoisotopic (exact) mass is 257 g/mol. The summed E-state index contributed by atoms with van der Waals surface area (Å²) in [6, 6.07) is 0. The highest BCUT2D eigenvalue weighted by molar-refractivity contribution is 7.10. The number of rotatable bonds is 8. The van der Waals surface area contributed by atoms with Crippen LogP contribution in [0.25, 0.3) is 0 Å². The lowest BCUT2D eigenvalue weighted by Crippen LogP contribution is -2.32. The molecule has 1 aromatic rings. The van der Waals surface area contributed by atoms with E-state index in [4.69, 9.17) is 0 Å². The Balaban J connectivity index is 2.53. The maximum atomic E-state index is 4.19. The van der Waals surface area contributed by atoms with Gasteiger partial charge in [0.25, 0.3) is 0 Å². The van der Waals surface area contributed by atoms with Gasteiger partial charge >= 0.3 is 0 Å². The van der Waals surface area contributed by atoms with Crippen molar-refractivity contribution in [3.63, 3.8) is 0 Å². The van der Waals surface area contributed by atoms with E-state index in [1.54, 1.807) is 0 Å². The van der Waals surface area contributed by atoms with Crippen LogP contribution in [0.3, 0.4) is 0 Å². The van der Waals surface area contributed by atoms with Crippen LogP contribution < -0.4 is 5.32 Å². The van der Waals surface area contributed by atoms with E-state index in [0.29, 0.717) is 0 Å². The third-order valence-corrected chi connectivity index (χ3v) is 3.35. The quantitative estimate of drug-likeness (QED) is 0.761. The first kappa shape index (κ1) is 14.3. The highest BCUT2D eigenvalue weighted by Crippen LogP contribution is 2.18. The average Bonchev–Trinajstić information content (AvgIpc) is 2.73. The molecule has 0 spiro atoms. The van der Waals surface area contributed by atoms with Gasteiger partial charge in [-0.1, -0.05) is 11.4 Å². The molecule has 0 aliphatic rings. The van der Waals surface area contributed by atoms with E-state index >= 15 is 0 Å². The predicted molar refractivity (Wildman–Crippen MR) is 73.6 cm³/mol. The SMILES string of the molecule is CCCN(CCN(C)C)Cc1nnsc1NC. The number of likely N-dealkylation sites (N-methyl/N-ethyl adjacent to an activating group) is 1. The van der Waals surface area contributed by atoms with Crippen LogP contribution in [0.5, 0.6) is 0 Å². The summed E-state index contributed by atoms with van der Waals surface area (Å²) in [6.07, 6.45) is 1.17. The summed E-state index contributed by atoms with van der Waals surface area (Å²) >= 11 is 1.42. The number of aromatic nitrogens is 2. The Morgan fingerprint density at radius 1 is 1.24 bits per heavy atom. The topological polar surface area (TPSA) is 44.3 Å². The molecule has 6 heteroatoms. The van der Waals surface area contributed by atoms with E-state index in [-0.39, 0.29) is 0 Å². The van der Waals surface area contributed by atoms with E-state index in [1.807, 2.05) is 7.05 Å². The highest BCUT2D eigenvalue weighted by Gasteiger charge is 2.11. The summed E-state index contributed by atoms with van der Waals surface area (Å²) in [6.45, 7) is 6.35. The van der Waals surface area contributed by atoms with Crippen molar-refractivity contribution in [2.24, 2.45) is 0 Å². The standard InChI is InChI=1S/C11H23N5S/c1-5-6-16(8-7-15(3)4)9-10-11(12-2)17-14-13-10/h12H,5-9H2,1-4H3. The summed E-state index contributed by atoms with van der Waals surface area (Å²) in [7, 11) is 6.13.